The van der Waals surface area contributed by atoms with Crippen molar-refractivity contribution in [2.24, 2.45) is 0 Å². The molecule has 0 aliphatic carbocycles. The second-order valence-electron chi connectivity index (χ2n) is 2.75. The maximum absolute atomic E-state index is 5.14. The van der Waals surface area contributed by atoms with E-state index in [0.29, 0.717) is 17.8 Å². The van der Waals surface area contributed by atoms with E-state index >= 15 is 0 Å². The van der Waals surface area contributed by atoms with Crippen molar-refractivity contribution in [1.82, 2.24) is 10.6 Å². The lowest BCUT2D eigenvalue weighted by atomic mass is 10.4. The number of rotatable bonds is 5. The van der Waals surface area contributed by atoms with Crippen LogP contribution in [-0.2, 0) is 4.74 Å². The fourth-order valence-electron chi connectivity index (χ4n) is 0.694. The van der Waals surface area contributed by atoms with Crippen LogP contribution in [0.15, 0.2) is 0 Å². The summed E-state index contributed by atoms with van der Waals surface area (Å²) >= 11 is 5.00. The van der Waals surface area contributed by atoms with Crippen molar-refractivity contribution >= 4 is 17.3 Å². The molecule has 0 aromatic rings. The Labute approximate surface area is 79.9 Å². The summed E-state index contributed by atoms with van der Waals surface area (Å²) in [6, 6.07) is 0.386. The molecule has 0 saturated heterocycles. The molecule has 0 rings (SSSR count). The number of nitrogens with one attached hydrogen (secondary N) is 2. The maximum atomic E-state index is 5.14. The summed E-state index contributed by atoms with van der Waals surface area (Å²) in [5, 5.41) is 6.83. The molecule has 3 nitrogen and oxygen atoms in total. The van der Waals surface area contributed by atoms with Gasteiger partial charge in [0.1, 0.15) is 0 Å². The second kappa shape index (κ2) is 7.31. The van der Waals surface area contributed by atoms with Crippen molar-refractivity contribution in [2.45, 2.75) is 26.8 Å². The van der Waals surface area contributed by atoms with E-state index in [1.54, 1.807) is 0 Å². The monoisotopic (exact) mass is 190 g/mol. The Bertz CT molecular complexity index is 128. The van der Waals surface area contributed by atoms with Gasteiger partial charge in [-0.2, -0.15) is 0 Å². The Balaban J connectivity index is 3.20. The molecule has 0 aliphatic rings. The summed E-state index contributed by atoms with van der Waals surface area (Å²) in [7, 11) is 0. The average molecular weight is 190 g/mol. The van der Waals surface area contributed by atoms with Crippen LogP contribution < -0.4 is 10.6 Å². The second-order valence-corrected chi connectivity index (χ2v) is 3.16. The first-order valence-electron chi connectivity index (χ1n) is 4.29. The number of hydrogen-bond donors (Lipinski definition) is 2. The zero-order valence-corrected chi connectivity index (χ0v) is 8.83. The minimum Gasteiger partial charge on any atom is -0.380 e. The van der Waals surface area contributed by atoms with Crippen molar-refractivity contribution in [2.75, 3.05) is 19.8 Å². The highest BCUT2D eigenvalue weighted by Crippen LogP contribution is 1.77. The SMILES string of the molecule is CCOCCNC(=S)NC(C)C. The van der Waals surface area contributed by atoms with Gasteiger partial charge < -0.3 is 15.4 Å². The van der Waals surface area contributed by atoms with Gasteiger partial charge in [-0.15, -0.1) is 0 Å². The third-order valence-electron chi connectivity index (χ3n) is 1.16. The molecule has 0 aromatic carbocycles. The van der Waals surface area contributed by atoms with Crippen LogP contribution in [0.4, 0.5) is 0 Å². The van der Waals surface area contributed by atoms with Crippen LogP contribution in [0.1, 0.15) is 20.8 Å². The first kappa shape index (κ1) is 11.6. The zero-order valence-electron chi connectivity index (χ0n) is 8.02. The first-order valence-corrected chi connectivity index (χ1v) is 4.69. The molecule has 0 heterocycles. The standard InChI is InChI=1S/C8H18N2OS/c1-4-11-6-5-9-8(12)10-7(2)3/h7H,4-6H2,1-3H3,(H2,9,10,12). The first-order chi connectivity index (χ1) is 5.66. The van der Waals surface area contributed by atoms with Crippen LogP contribution in [0.25, 0.3) is 0 Å². The molecule has 0 radical (unpaired) electrons. The Morgan fingerprint density at radius 3 is 2.67 bits per heavy atom. The summed E-state index contributed by atoms with van der Waals surface area (Å²) < 4.78 is 5.14. The van der Waals surface area contributed by atoms with Gasteiger partial charge >= 0.3 is 0 Å². The van der Waals surface area contributed by atoms with E-state index in [1.165, 1.54) is 0 Å². The Hall–Kier alpha value is -0.350. The molecular weight excluding hydrogens is 172 g/mol. The van der Waals surface area contributed by atoms with Crippen molar-refractivity contribution in [1.29, 1.82) is 0 Å². The molecule has 4 heteroatoms. The van der Waals surface area contributed by atoms with E-state index < -0.39 is 0 Å². The zero-order chi connectivity index (χ0) is 9.40. The topological polar surface area (TPSA) is 33.3 Å². The van der Waals surface area contributed by atoms with E-state index in [9.17, 15) is 0 Å². The molecule has 0 aromatic heterocycles. The molecule has 2 N–H and O–H groups in total. The van der Waals surface area contributed by atoms with Gasteiger partial charge in [-0.05, 0) is 33.0 Å². The van der Waals surface area contributed by atoms with Crippen molar-refractivity contribution < 1.29 is 4.74 Å². The summed E-state index contributed by atoms with van der Waals surface area (Å²) in [6.45, 7) is 8.31. The van der Waals surface area contributed by atoms with Crippen molar-refractivity contribution in [3.8, 4) is 0 Å². The van der Waals surface area contributed by atoms with Crippen molar-refractivity contribution in [3.63, 3.8) is 0 Å². The van der Waals surface area contributed by atoms with Crippen molar-refractivity contribution in [3.05, 3.63) is 0 Å². The fraction of sp³-hybridized carbons (Fsp3) is 0.875. The lowest BCUT2D eigenvalue weighted by Gasteiger charge is -2.12. The normalized spacial score (nSPS) is 10.0. The molecular formula is C8H18N2OS. The number of ether oxygens (including phenoxy) is 1. The quantitative estimate of drug-likeness (QED) is 0.498. The third kappa shape index (κ3) is 7.75. The van der Waals surface area contributed by atoms with Crippen LogP contribution in [-0.4, -0.2) is 30.9 Å². The highest BCUT2D eigenvalue weighted by molar-refractivity contribution is 7.80. The predicted molar refractivity (Wildman–Crippen MR) is 55.4 cm³/mol. The average Bonchev–Trinajstić information content (AvgIpc) is 1.97. The Kier molecular flexibility index (Phi) is 7.09. The summed E-state index contributed by atoms with van der Waals surface area (Å²) in [4.78, 5) is 0. The van der Waals surface area contributed by atoms with Crippen LogP contribution >= 0.6 is 12.2 Å². The van der Waals surface area contributed by atoms with Crippen LogP contribution in [0.5, 0.6) is 0 Å². The van der Waals surface area contributed by atoms with E-state index in [4.69, 9.17) is 17.0 Å². The van der Waals surface area contributed by atoms with Gasteiger partial charge in [0.15, 0.2) is 5.11 Å². The Morgan fingerprint density at radius 1 is 1.50 bits per heavy atom. The molecule has 0 bridgehead atoms. The van der Waals surface area contributed by atoms with E-state index in [2.05, 4.69) is 24.5 Å². The minimum absolute atomic E-state index is 0.386. The van der Waals surface area contributed by atoms with E-state index in [1.807, 2.05) is 6.92 Å². The summed E-state index contributed by atoms with van der Waals surface area (Å²) in [5.74, 6) is 0. The maximum Gasteiger partial charge on any atom is 0.166 e. The van der Waals surface area contributed by atoms with Crippen LogP contribution in [0, 0.1) is 0 Å². The van der Waals surface area contributed by atoms with E-state index in [-0.39, 0.29) is 0 Å². The molecule has 0 spiro atoms. The molecule has 0 unspecified atom stereocenters. The van der Waals surface area contributed by atoms with Gasteiger partial charge in [0, 0.05) is 19.2 Å². The molecule has 0 saturated carbocycles. The molecule has 12 heavy (non-hydrogen) atoms. The lowest BCUT2D eigenvalue weighted by Crippen LogP contribution is -2.40. The number of thiocarbonyl (C=S) groups is 1. The lowest BCUT2D eigenvalue weighted by molar-refractivity contribution is 0.152. The predicted octanol–water partition coefficient (Wildman–Crippen LogP) is 0.895. The van der Waals surface area contributed by atoms with E-state index in [0.717, 1.165) is 13.2 Å². The molecule has 0 amide bonds. The molecule has 0 aliphatic heterocycles. The van der Waals surface area contributed by atoms with Gasteiger partial charge in [0.05, 0.1) is 6.61 Å². The largest absolute Gasteiger partial charge is 0.380 e. The van der Waals surface area contributed by atoms with Gasteiger partial charge in [-0.25, -0.2) is 0 Å². The summed E-state index contributed by atoms with van der Waals surface area (Å²) in [6.07, 6.45) is 0. The third-order valence-corrected chi connectivity index (χ3v) is 1.42. The van der Waals surface area contributed by atoms with Gasteiger partial charge in [0.25, 0.3) is 0 Å². The summed E-state index contributed by atoms with van der Waals surface area (Å²) in [5.41, 5.74) is 0. The smallest absolute Gasteiger partial charge is 0.166 e. The highest BCUT2D eigenvalue weighted by Gasteiger charge is 1.95. The fourth-order valence-corrected chi connectivity index (χ4v) is 1.03. The Morgan fingerprint density at radius 2 is 2.17 bits per heavy atom. The van der Waals surface area contributed by atoms with Crippen LogP contribution in [0.2, 0.25) is 0 Å². The minimum atomic E-state index is 0.386. The molecule has 0 atom stereocenters. The molecule has 0 fully saturated rings. The highest BCUT2D eigenvalue weighted by atomic mass is 32.1. The van der Waals surface area contributed by atoms with Gasteiger partial charge in [-0.1, -0.05) is 0 Å². The van der Waals surface area contributed by atoms with Gasteiger partial charge in [0.2, 0.25) is 0 Å². The molecule has 72 valence electrons. The van der Waals surface area contributed by atoms with Gasteiger partial charge in [-0.3, -0.25) is 0 Å². The van der Waals surface area contributed by atoms with Crippen LogP contribution in [0.3, 0.4) is 0 Å². The number of hydrogen-bond acceptors (Lipinski definition) is 2.